The molecule has 0 saturated heterocycles. The lowest BCUT2D eigenvalue weighted by atomic mass is 10.2. The molecule has 3 aromatic rings. The summed E-state index contributed by atoms with van der Waals surface area (Å²) < 4.78 is 0. The van der Waals surface area contributed by atoms with Gasteiger partial charge in [0.05, 0.1) is 12.2 Å². The first kappa shape index (κ1) is 18.6. The maximum atomic E-state index is 4.71. The van der Waals surface area contributed by atoms with E-state index in [4.69, 9.17) is 4.98 Å². The van der Waals surface area contributed by atoms with Crippen LogP contribution in [0.5, 0.6) is 0 Å². The van der Waals surface area contributed by atoms with Crippen LogP contribution in [0.4, 0.5) is 0 Å². The molecule has 2 heterocycles. The smallest absolute Gasteiger partial charge is 0.191 e. The van der Waals surface area contributed by atoms with Crippen LogP contribution in [0.3, 0.4) is 0 Å². The lowest BCUT2D eigenvalue weighted by molar-refractivity contribution is 0.644. The standard InChI is InChI=1S/C20H24N4S2/c1-14(11-17-10-9-15(2)26-17)23-20(21-3)22-12-19-24-18(13-25-19)16-7-5-4-6-8-16/h4-10,13-14H,11-12H2,1-3H3,(H2,21,22,23). The molecule has 6 heteroatoms. The minimum Gasteiger partial charge on any atom is -0.354 e. The predicted octanol–water partition coefficient (Wildman–Crippen LogP) is 4.48. The van der Waals surface area contributed by atoms with Crippen molar-refractivity contribution >= 4 is 28.6 Å². The van der Waals surface area contributed by atoms with Crippen molar-refractivity contribution in [2.24, 2.45) is 4.99 Å². The maximum absolute atomic E-state index is 4.71. The molecule has 0 aliphatic carbocycles. The number of nitrogens with zero attached hydrogens (tertiary/aromatic N) is 2. The largest absolute Gasteiger partial charge is 0.354 e. The first-order chi connectivity index (χ1) is 12.6. The monoisotopic (exact) mass is 384 g/mol. The van der Waals surface area contributed by atoms with Crippen molar-refractivity contribution in [3.8, 4) is 11.3 Å². The molecule has 4 nitrogen and oxygen atoms in total. The highest BCUT2D eigenvalue weighted by atomic mass is 32.1. The molecule has 0 amide bonds. The van der Waals surface area contributed by atoms with Gasteiger partial charge < -0.3 is 10.6 Å². The van der Waals surface area contributed by atoms with E-state index in [0.29, 0.717) is 12.6 Å². The number of guanidine groups is 1. The van der Waals surface area contributed by atoms with Gasteiger partial charge in [-0.05, 0) is 26.0 Å². The predicted molar refractivity (Wildman–Crippen MR) is 113 cm³/mol. The first-order valence-electron chi connectivity index (χ1n) is 8.66. The molecule has 1 unspecified atom stereocenters. The SMILES string of the molecule is CN=C(NCc1nc(-c2ccccc2)cs1)NC(C)Cc1ccc(C)s1. The maximum Gasteiger partial charge on any atom is 0.191 e. The normalized spacial score (nSPS) is 12.8. The Morgan fingerprint density at radius 2 is 2.00 bits per heavy atom. The van der Waals surface area contributed by atoms with Gasteiger partial charge in [0.15, 0.2) is 5.96 Å². The van der Waals surface area contributed by atoms with Gasteiger partial charge in [0.25, 0.3) is 0 Å². The highest BCUT2D eigenvalue weighted by Crippen LogP contribution is 2.21. The summed E-state index contributed by atoms with van der Waals surface area (Å²) in [4.78, 5) is 11.8. The van der Waals surface area contributed by atoms with Gasteiger partial charge in [0.2, 0.25) is 0 Å². The fourth-order valence-corrected chi connectivity index (χ4v) is 4.43. The third-order valence-corrected chi connectivity index (χ3v) is 5.81. The van der Waals surface area contributed by atoms with Gasteiger partial charge in [-0.25, -0.2) is 4.98 Å². The number of benzene rings is 1. The Balaban J connectivity index is 1.52. The quantitative estimate of drug-likeness (QED) is 0.487. The molecule has 2 aromatic heterocycles. The van der Waals surface area contributed by atoms with Gasteiger partial charge in [0, 0.05) is 40.2 Å². The number of aromatic nitrogens is 1. The number of thiophene rings is 1. The Hall–Kier alpha value is -2.18. The summed E-state index contributed by atoms with van der Waals surface area (Å²) in [7, 11) is 1.80. The van der Waals surface area contributed by atoms with E-state index in [1.807, 2.05) is 29.5 Å². The van der Waals surface area contributed by atoms with Crippen LogP contribution < -0.4 is 10.6 Å². The molecule has 0 spiro atoms. The Morgan fingerprint density at radius 1 is 1.19 bits per heavy atom. The lowest BCUT2D eigenvalue weighted by Gasteiger charge is -2.17. The lowest BCUT2D eigenvalue weighted by Crippen LogP contribution is -2.42. The Morgan fingerprint density at radius 3 is 2.69 bits per heavy atom. The summed E-state index contributed by atoms with van der Waals surface area (Å²) in [5.41, 5.74) is 2.18. The number of aliphatic imine (C=N–C) groups is 1. The van der Waals surface area contributed by atoms with E-state index in [0.717, 1.165) is 28.6 Å². The number of nitrogens with one attached hydrogen (secondary N) is 2. The van der Waals surface area contributed by atoms with Crippen molar-refractivity contribution in [1.29, 1.82) is 0 Å². The molecule has 0 fully saturated rings. The van der Waals surface area contributed by atoms with Gasteiger partial charge in [-0.1, -0.05) is 30.3 Å². The molecule has 26 heavy (non-hydrogen) atoms. The van der Waals surface area contributed by atoms with Gasteiger partial charge in [-0.2, -0.15) is 0 Å². The van der Waals surface area contributed by atoms with Crippen molar-refractivity contribution < 1.29 is 0 Å². The first-order valence-corrected chi connectivity index (χ1v) is 10.4. The van der Waals surface area contributed by atoms with E-state index >= 15 is 0 Å². The van der Waals surface area contributed by atoms with Crippen molar-refractivity contribution in [2.45, 2.75) is 32.9 Å². The second-order valence-electron chi connectivity index (χ2n) is 6.18. The zero-order chi connectivity index (χ0) is 18.4. The molecule has 1 aromatic carbocycles. The summed E-state index contributed by atoms with van der Waals surface area (Å²) in [6.07, 6.45) is 0.995. The van der Waals surface area contributed by atoms with Crippen molar-refractivity contribution in [3.63, 3.8) is 0 Å². The van der Waals surface area contributed by atoms with E-state index < -0.39 is 0 Å². The van der Waals surface area contributed by atoms with Gasteiger partial charge in [-0.3, -0.25) is 4.99 Å². The van der Waals surface area contributed by atoms with Gasteiger partial charge in [0.1, 0.15) is 5.01 Å². The molecule has 0 aliphatic heterocycles. The molecule has 136 valence electrons. The summed E-state index contributed by atoms with van der Waals surface area (Å²) in [5, 5.41) is 9.97. The zero-order valence-electron chi connectivity index (χ0n) is 15.3. The van der Waals surface area contributed by atoms with E-state index in [2.05, 4.69) is 59.1 Å². The molecule has 0 radical (unpaired) electrons. The van der Waals surface area contributed by atoms with E-state index in [-0.39, 0.29) is 0 Å². The summed E-state index contributed by atoms with van der Waals surface area (Å²) in [5.74, 6) is 0.808. The second-order valence-corrected chi connectivity index (χ2v) is 8.50. The van der Waals surface area contributed by atoms with Crippen LogP contribution in [0.2, 0.25) is 0 Å². The molecule has 0 saturated carbocycles. The minimum atomic E-state index is 0.315. The third-order valence-electron chi connectivity index (χ3n) is 3.94. The number of hydrogen-bond acceptors (Lipinski definition) is 4. The summed E-state index contributed by atoms with van der Waals surface area (Å²) in [6.45, 7) is 4.99. The van der Waals surface area contributed by atoms with Crippen LogP contribution in [0.15, 0.2) is 52.8 Å². The number of thiazole rings is 1. The van der Waals surface area contributed by atoms with E-state index in [9.17, 15) is 0 Å². The Labute approximate surface area is 163 Å². The molecule has 0 bridgehead atoms. The molecule has 0 aliphatic rings. The average molecular weight is 385 g/mol. The summed E-state index contributed by atoms with van der Waals surface area (Å²) in [6, 6.07) is 15.0. The highest BCUT2D eigenvalue weighted by molar-refractivity contribution is 7.11. The molecule has 2 N–H and O–H groups in total. The Kier molecular flexibility index (Phi) is 6.41. The number of rotatable bonds is 6. The topological polar surface area (TPSA) is 49.3 Å². The number of aryl methyl sites for hydroxylation is 1. The van der Waals surface area contributed by atoms with Crippen LogP contribution in [0.25, 0.3) is 11.3 Å². The van der Waals surface area contributed by atoms with E-state index in [1.54, 1.807) is 18.4 Å². The van der Waals surface area contributed by atoms with Crippen LogP contribution >= 0.6 is 22.7 Å². The average Bonchev–Trinajstić information content (AvgIpc) is 3.28. The van der Waals surface area contributed by atoms with Gasteiger partial charge >= 0.3 is 0 Å². The number of hydrogen-bond donors (Lipinski definition) is 2. The van der Waals surface area contributed by atoms with Crippen molar-refractivity contribution in [3.05, 3.63) is 62.6 Å². The third kappa shape index (κ3) is 5.16. The van der Waals surface area contributed by atoms with Crippen LogP contribution in [-0.2, 0) is 13.0 Å². The molecule has 3 rings (SSSR count). The van der Waals surface area contributed by atoms with Crippen molar-refractivity contribution in [2.75, 3.05) is 7.05 Å². The van der Waals surface area contributed by atoms with Crippen LogP contribution in [-0.4, -0.2) is 24.0 Å². The highest BCUT2D eigenvalue weighted by Gasteiger charge is 2.09. The summed E-state index contributed by atoms with van der Waals surface area (Å²) >= 11 is 3.52. The second kappa shape index (κ2) is 8.96. The Bertz CT molecular complexity index is 852. The molecule has 1 atom stereocenters. The van der Waals surface area contributed by atoms with Crippen LogP contribution in [0, 0.1) is 6.92 Å². The van der Waals surface area contributed by atoms with Crippen molar-refractivity contribution in [1.82, 2.24) is 15.6 Å². The molecular weight excluding hydrogens is 360 g/mol. The van der Waals surface area contributed by atoms with E-state index in [1.165, 1.54) is 9.75 Å². The minimum absolute atomic E-state index is 0.315. The fourth-order valence-electron chi connectivity index (χ4n) is 2.67. The zero-order valence-corrected chi connectivity index (χ0v) is 17.0. The van der Waals surface area contributed by atoms with Gasteiger partial charge in [-0.15, -0.1) is 22.7 Å². The van der Waals surface area contributed by atoms with Crippen LogP contribution in [0.1, 0.15) is 21.7 Å². The molecular formula is C20H24N4S2. The fraction of sp³-hybridized carbons (Fsp3) is 0.300.